The maximum atomic E-state index is 13.6. The van der Waals surface area contributed by atoms with E-state index in [2.05, 4.69) is 4.98 Å². The van der Waals surface area contributed by atoms with Crippen molar-refractivity contribution in [2.75, 3.05) is 6.61 Å². The number of ketones is 1. The number of hydrogen-bond acceptors (Lipinski definition) is 7. The van der Waals surface area contributed by atoms with E-state index in [1.165, 1.54) is 0 Å². The summed E-state index contributed by atoms with van der Waals surface area (Å²) in [5.41, 5.74) is 2.77. The molecule has 1 aliphatic rings. The molecule has 0 bridgehead atoms. The molecule has 0 spiro atoms. The normalized spacial score (nSPS) is 13.9. The molecule has 2 aromatic heterocycles. The minimum atomic E-state index is -0.811. The van der Waals surface area contributed by atoms with Crippen LogP contribution >= 0.6 is 0 Å². The Morgan fingerprint density at radius 3 is 2.58 bits per heavy atom. The van der Waals surface area contributed by atoms with Crippen LogP contribution in [0.2, 0.25) is 0 Å². The predicted molar refractivity (Wildman–Crippen MR) is 164 cm³/mol. The highest BCUT2D eigenvalue weighted by Crippen LogP contribution is 2.42. The van der Waals surface area contributed by atoms with Crippen LogP contribution in [0.4, 0.5) is 0 Å². The summed E-state index contributed by atoms with van der Waals surface area (Å²) in [6.45, 7) is 6.94. The van der Waals surface area contributed by atoms with E-state index in [9.17, 15) is 9.59 Å². The van der Waals surface area contributed by atoms with Crippen molar-refractivity contribution in [3.05, 3.63) is 101 Å². The molecule has 43 heavy (non-hydrogen) atoms. The molecular formula is C35H35N3O5. The molecule has 0 saturated heterocycles. The van der Waals surface area contributed by atoms with E-state index in [-0.39, 0.29) is 17.9 Å². The number of ether oxygens (including phenoxy) is 3. The molecule has 1 fully saturated rings. The van der Waals surface area contributed by atoms with Gasteiger partial charge in [0.2, 0.25) is 5.78 Å². The maximum Gasteiger partial charge on any atom is 0.338 e. The third-order valence-corrected chi connectivity index (χ3v) is 7.57. The van der Waals surface area contributed by atoms with Gasteiger partial charge in [0.05, 0.1) is 24.7 Å². The monoisotopic (exact) mass is 577 g/mol. The third kappa shape index (κ3) is 6.29. The first-order valence-corrected chi connectivity index (χ1v) is 14.7. The minimum absolute atomic E-state index is 0.123. The van der Waals surface area contributed by atoms with Gasteiger partial charge in [-0.15, -0.1) is 0 Å². The summed E-state index contributed by atoms with van der Waals surface area (Å²) in [5.74, 6) is 0.317. The molecule has 8 heteroatoms. The lowest BCUT2D eigenvalue weighted by Crippen LogP contribution is -2.30. The Bertz CT molecular complexity index is 1800. The number of carbonyl (C=O) groups excluding carboxylic acids is 2. The van der Waals surface area contributed by atoms with Crippen LogP contribution in [0.15, 0.2) is 79.0 Å². The van der Waals surface area contributed by atoms with Crippen LogP contribution in [-0.4, -0.2) is 44.8 Å². The molecule has 0 radical (unpaired) electrons. The molecule has 220 valence electrons. The van der Waals surface area contributed by atoms with Gasteiger partial charge in [-0.1, -0.05) is 48.5 Å². The van der Waals surface area contributed by atoms with Crippen molar-refractivity contribution in [1.29, 1.82) is 0 Å². The molecule has 0 aliphatic heterocycles. The number of benzene rings is 3. The Hall–Kier alpha value is -4.56. The summed E-state index contributed by atoms with van der Waals surface area (Å²) in [5, 5.41) is 7.57. The fourth-order valence-electron chi connectivity index (χ4n) is 5.15. The summed E-state index contributed by atoms with van der Waals surface area (Å²) < 4.78 is 19.2. The third-order valence-electron chi connectivity index (χ3n) is 7.57. The van der Waals surface area contributed by atoms with Gasteiger partial charge in [-0.2, -0.15) is 5.10 Å². The SMILES string of the molecule is Cc1cnc2c(c1)c(C(=O)c1ccc3ccccc3c1)nn2CCCOc1cccc(COC2(C(=O)OC(C)C)CC2)c1. The smallest absolute Gasteiger partial charge is 0.338 e. The highest BCUT2D eigenvalue weighted by Gasteiger charge is 2.53. The number of rotatable bonds is 12. The van der Waals surface area contributed by atoms with Gasteiger partial charge in [-0.25, -0.2) is 14.5 Å². The second-order valence-electron chi connectivity index (χ2n) is 11.4. The van der Waals surface area contributed by atoms with Crippen LogP contribution in [0.1, 0.15) is 60.3 Å². The fraction of sp³-hybridized carbons (Fsp3) is 0.314. The van der Waals surface area contributed by atoms with E-state index < -0.39 is 5.60 Å². The van der Waals surface area contributed by atoms with Crippen LogP contribution < -0.4 is 4.74 Å². The number of nitrogens with zero attached hydrogens (tertiary/aromatic N) is 3. The van der Waals surface area contributed by atoms with Crippen molar-refractivity contribution in [3.63, 3.8) is 0 Å². The zero-order valence-electron chi connectivity index (χ0n) is 24.7. The van der Waals surface area contributed by atoms with Crippen molar-refractivity contribution < 1.29 is 23.8 Å². The lowest BCUT2D eigenvalue weighted by atomic mass is 10.0. The quantitative estimate of drug-likeness (QED) is 0.0938. The standard InChI is InChI=1S/C35H35N3O5/c1-23(2)43-34(40)35(14-15-35)42-22-25-8-6-11-29(19-25)41-17-7-16-38-33-30(18-24(3)21-36-33)31(37-38)32(39)28-13-12-26-9-4-5-10-27(26)20-28/h4-6,8-13,18-21,23H,7,14-17,22H2,1-3H3. The summed E-state index contributed by atoms with van der Waals surface area (Å²) in [4.78, 5) is 30.6. The number of hydrogen-bond donors (Lipinski definition) is 0. The average Bonchev–Trinajstić information content (AvgIpc) is 3.73. The predicted octanol–water partition coefficient (Wildman–Crippen LogP) is 6.59. The molecule has 0 unspecified atom stereocenters. The molecule has 8 nitrogen and oxygen atoms in total. The highest BCUT2D eigenvalue weighted by molar-refractivity contribution is 6.15. The van der Waals surface area contributed by atoms with Gasteiger partial charge >= 0.3 is 5.97 Å². The zero-order chi connectivity index (χ0) is 30.0. The molecule has 0 atom stereocenters. The van der Waals surface area contributed by atoms with Crippen molar-refractivity contribution in [2.45, 2.75) is 64.9 Å². The summed E-state index contributed by atoms with van der Waals surface area (Å²) in [6, 6.07) is 23.4. The Balaban J connectivity index is 1.10. The Kier molecular flexibility index (Phi) is 7.95. The first-order chi connectivity index (χ1) is 20.8. The van der Waals surface area contributed by atoms with Gasteiger partial charge in [0.15, 0.2) is 11.2 Å². The summed E-state index contributed by atoms with van der Waals surface area (Å²) in [7, 11) is 0. The molecule has 1 saturated carbocycles. The average molecular weight is 578 g/mol. The molecule has 0 N–H and O–H groups in total. The van der Waals surface area contributed by atoms with E-state index in [1.807, 2.05) is 93.6 Å². The van der Waals surface area contributed by atoms with Crippen molar-refractivity contribution in [2.24, 2.45) is 0 Å². The van der Waals surface area contributed by atoms with Crippen molar-refractivity contribution >= 4 is 33.6 Å². The molecule has 1 aliphatic carbocycles. The van der Waals surface area contributed by atoms with Crippen molar-refractivity contribution in [1.82, 2.24) is 14.8 Å². The number of aromatic nitrogens is 3. The van der Waals surface area contributed by atoms with Gasteiger partial charge in [0.1, 0.15) is 11.4 Å². The Morgan fingerprint density at radius 2 is 1.79 bits per heavy atom. The molecular weight excluding hydrogens is 542 g/mol. The van der Waals surface area contributed by atoms with E-state index in [0.29, 0.717) is 55.9 Å². The second kappa shape index (κ2) is 12.0. The van der Waals surface area contributed by atoms with Gasteiger partial charge in [0, 0.05) is 24.7 Å². The van der Waals surface area contributed by atoms with Crippen LogP contribution in [0, 0.1) is 6.92 Å². The van der Waals surface area contributed by atoms with E-state index in [4.69, 9.17) is 19.3 Å². The number of aryl methyl sites for hydroxylation is 2. The van der Waals surface area contributed by atoms with Gasteiger partial charge in [-0.05, 0) is 79.8 Å². The first-order valence-electron chi connectivity index (χ1n) is 14.7. The lowest BCUT2D eigenvalue weighted by molar-refractivity contribution is -0.165. The van der Waals surface area contributed by atoms with Crippen LogP contribution in [0.3, 0.4) is 0 Å². The Labute approximate surface area is 250 Å². The van der Waals surface area contributed by atoms with Gasteiger partial charge < -0.3 is 14.2 Å². The van der Waals surface area contributed by atoms with E-state index in [0.717, 1.165) is 33.0 Å². The molecule has 3 aromatic carbocycles. The van der Waals surface area contributed by atoms with Crippen LogP contribution in [-0.2, 0) is 27.4 Å². The van der Waals surface area contributed by atoms with E-state index in [1.54, 1.807) is 10.9 Å². The largest absolute Gasteiger partial charge is 0.494 e. The molecule has 0 amide bonds. The molecule has 2 heterocycles. The van der Waals surface area contributed by atoms with Gasteiger partial charge in [-0.3, -0.25) is 4.79 Å². The van der Waals surface area contributed by atoms with Crippen LogP contribution in [0.5, 0.6) is 5.75 Å². The van der Waals surface area contributed by atoms with E-state index >= 15 is 0 Å². The summed E-state index contributed by atoms with van der Waals surface area (Å²) >= 11 is 0. The molecule has 6 rings (SSSR count). The highest BCUT2D eigenvalue weighted by atomic mass is 16.6. The fourth-order valence-corrected chi connectivity index (χ4v) is 5.15. The van der Waals surface area contributed by atoms with Crippen molar-refractivity contribution in [3.8, 4) is 5.75 Å². The second-order valence-corrected chi connectivity index (χ2v) is 11.4. The number of carbonyl (C=O) groups is 2. The zero-order valence-corrected chi connectivity index (χ0v) is 24.7. The minimum Gasteiger partial charge on any atom is -0.494 e. The Morgan fingerprint density at radius 1 is 0.977 bits per heavy atom. The van der Waals surface area contributed by atoms with Gasteiger partial charge in [0.25, 0.3) is 0 Å². The summed E-state index contributed by atoms with van der Waals surface area (Å²) in [6.07, 6.45) is 3.66. The maximum absolute atomic E-state index is 13.6. The molecule has 5 aromatic rings. The lowest BCUT2D eigenvalue weighted by Gasteiger charge is -2.17. The number of pyridine rings is 1. The number of fused-ring (bicyclic) bond motifs is 2. The first kappa shape index (κ1) is 28.6. The van der Waals surface area contributed by atoms with Crippen LogP contribution in [0.25, 0.3) is 21.8 Å². The number of esters is 1. The topological polar surface area (TPSA) is 92.5 Å².